The van der Waals surface area contributed by atoms with E-state index < -0.39 is 0 Å². The molecule has 0 saturated carbocycles. The Bertz CT molecular complexity index is 271. The van der Waals surface area contributed by atoms with Crippen LogP contribution in [0.15, 0.2) is 12.4 Å². The SMILES string of the molecule is CCC(C)(C)c1cc(Cl)ncn1. The van der Waals surface area contributed by atoms with Crippen molar-refractivity contribution in [1.29, 1.82) is 0 Å². The summed E-state index contributed by atoms with van der Waals surface area (Å²) in [4.78, 5) is 8.03. The summed E-state index contributed by atoms with van der Waals surface area (Å²) in [5, 5.41) is 0.515. The van der Waals surface area contributed by atoms with E-state index in [9.17, 15) is 0 Å². The summed E-state index contributed by atoms with van der Waals surface area (Å²) in [6.45, 7) is 6.42. The van der Waals surface area contributed by atoms with E-state index in [1.807, 2.05) is 6.07 Å². The number of halogens is 1. The molecule has 0 atom stereocenters. The minimum atomic E-state index is 0.0899. The third-order valence-corrected chi connectivity index (χ3v) is 2.42. The van der Waals surface area contributed by atoms with Crippen molar-refractivity contribution in [2.45, 2.75) is 32.6 Å². The summed E-state index contributed by atoms with van der Waals surface area (Å²) in [7, 11) is 0. The molecule has 0 aliphatic carbocycles. The first-order chi connectivity index (χ1) is 5.56. The zero-order valence-corrected chi connectivity index (χ0v) is 8.39. The summed E-state index contributed by atoms with van der Waals surface area (Å²) in [5.41, 5.74) is 1.09. The zero-order chi connectivity index (χ0) is 9.19. The van der Waals surface area contributed by atoms with Gasteiger partial charge >= 0.3 is 0 Å². The maximum absolute atomic E-state index is 5.76. The van der Waals surface area contributed by atoms with Crippen molar-refractivity contribution < 1.29 is 0 Å². The predicted molar refractivity (Wildman–Crippen MR) is 50.4 cm³/mol. The number of aromatic nitrogens is 2. The summed E-state index contributed by atoms with van der Waals surface area (Å²) in [6.07, 6.45) is 2.55. The van der Waals surface area contributed by atoms with E-state index in [-0.39, 0.29) is 5.41 Å². The summed E-state index contributed by atoms with van der Waals surface area (Å²) in [5.74, 6) is 0. The maximum atomic E-state index is 5.76. The molecule has 0 aromatic carbocycles. The van der Waals surface area contributed by atoms with E-state index in [0.717, 1.165) is 12.1 Å². The lowest BCUT2D eigenvalue weighted by atomic mass is 9.86. The van der Waals surface area contributed by atoms with Gasteiger partial charge in [0.2, 0.25) is 0 Å². The molecule has 1 rings (SSSR count). The van der Waals surface area contributed by atoms with Gasteiger partial charge in [-0.1, -0.05) is 32.4 Å². The Kier molecular flexibility index (Phi) is 2.68. The van der Waals surface area contributed by atoms with Gasteiger partial charge in [-0.15, -0.1) is 0 Å². The van der Waals surface area contributed by atoms with E-state index in [0.29, 0.717) is 5.15 Å². The molecule has 1 aromatic heterocycles. The van der Waals surface area contributed by atoms with E-state index in [1.165, 1.54) is 6.33 Å². The number of hydrogen-bond donors (Lipinski definition) is 0. The van der Waals surface area contributed by atoms with Crippen LogP contribution in [0, 0.1) is 0 Å². The minimum absolute atomic E-state index is 0.0899. The molecule has 0 aliphatic rings. The van der Waals surface area contributed by atoms with Crippen LogP contribution in [0.25, 0.3) is 0 Å². The van der Waals surface area contributed by atoms with Crippen LogP contribution in [-0.4, -0.2) is 9.97 Å². The number of nitrogens with zero attached hydrogens (tertiary/aromatic N) is 2. The van der Waals surface area contributed by atoms with Gasteiger partial charge in [0.25, 0.3) is 0 Å². The third-order valence-electron chi connectivity index (χ3n) is 2.21. The van der Waals surface area contributed by atoms with E-state index in [2.05, 4.69) is 30.7 Å². The highest BCUT2D eigenvalue weighted by Gasteiger charge is 2.19. The maximum Gasteiger partial charge on any atom is 0.132 e. The van der Waals surface area contributed by atoms with Gasteiger partial charge in [0.05, 0.1) is 5.69 Å². The van der Waals surface area contributed by atoms with Crippen LogP contribution in [0.3, 0.4) is 0 Å². The Balaban J connectivity index is 3.03. The largest absolute Gasteiger partial charge is 0.241 e. The Morgan fingerprint density at radius 1 is 1.42 bits per heavy atom. The van der Waals surface area contributed by atoms with Crippen LogP contribution in [-0.2, 0) is 5.41 Å². The Labute approximate surface area is 78.0 Å². The molecular formula is C9H13ClN2. The number of hydrogen-bond acceptors (Lipinski definition) is 2. The first-order valence-electron chi connectivity index (χ1n) is 4.04. The van der Waals surface area contributed by atoms with Crippen molar-refractivity contribution in [2.75, 3.05) is 0 Å². The zero-order valence-electron chi connectivity index (χ0n) is 7.63. The van der Waals surface area contributed by atoms with Crippen molar-refractivity contribution in [3.63, 3.8) is 0 Å². The van der Waals surface area contributed by atoms with Gasteiger partial charge in [0.15, 0.2) is 0 Å². The van der Waals surface area contributed by atoms with Crippen LogP contribution in [0.5, 0.6) is 0 Å². The van der Waals surface area contributed by atoms with Crippen molar-refractivity contribution in [1.82, 2.24) is 9.97 Å². The summed E-state index contributed by atoms with van der Waals surface area (Å²) < 4.78 is 0. The van der Waals surface area contributed by atoms with Crippen LogP contribution >= 0.6 is 11.6 Å². The average molecular weight is 185 g/mol. The minimum Gasteiger partial charge on any atom is -0.241 e. The average Bonchev–Trinajstić information content (AvgIpc) is 2.05. The molecule has 0 bridgehead atoms. The first kappa shape index (κ1) is 9.46. The monoisotopic (exact) mass is 184 g/mol. The molecule has 1 aromatic rings. The van der Waals surface area contributed by atoms with E-state index >= 15 is 0 Å². The molecule has 0 N–H and O–H groups in total. The molecule has 0 amide bonds. The van der Waals surface area contributed by atoms with Gasteiger partial charge in [-0.3, -0.25) is 0 Å². The molecule has 66 valence electrons. The second-order valence-corrected chi connectivity index (χ2v) is 3.85. The lowest BCUT2D eigenvalue weighted by Crippen LogP contribution is -2.17. The molecule has 0 fully saturated rings. The molecule has 1 heterocycles. The number of rotatable bonds is 2. The molecular weight excluding hydrogens is 172 g/mol. The molecule has 2 nitrogen and oxygen atoms in total. The van der Waals surface area contributed by atoms with Crippen LogP contribution in [0.4, 0.5) is 0 Å². The molecule has 0 saturated heterocycles. The first-order valence-corrected chi connectivity index (χ1v) is 4.42. The summed E-state index contributed by atoms with van der Waals surface area (Å²) in [6, 6.07) is 1.82. The lowest BCUT2D eigenvalue weighted by Gasteiger charge is -2.21. The lowest BCUT2D eigenvalue weighted by molar-refractivity contribution is 0.489. The molecule has 3 heteroatoms. The Hall–Kier alpha value is -0.630. The fraction of sp³-hybridized carbons (Fsp3) is 0.556. The van der Waals surface area contributed by atoms with Gasteiger partial charge in [-0.25, -0.2) is 9.97 Å². The Morgan fingerprint density at radius 3 is 2.58 bits per heavy atom. The highest BCUT2D eigenvalue weighted by atomic mass is 35.5. The van der Waals surface area contributed by atoms with Gasteiger partial charge < -0.3 is 0 Å². The van der Waals surface area contributed by atoms with Crippen LogP contribution in [0.1, 0.15) is 32.9 Å². The van der Waals surface area contributed by atoms with Crippen molar-refractivity contribution >= 4 is 11.6 Å². The molecule has 0 radical (unpaired) electrons. The van der Waals surface area contributed by atoms with Crippen molar-refractivity contribution in [2.24, 2.45) is 0 Å². The molecule has 0 spiro atoms. The van der Waals surface area contributed by atoms with Crippen molar-refractivity contribution in [3.05, 3.63) is 23.2 Å². The quantitative estimate of drug-likeness (QED) is 0.661. The molecule has 12 heavy (non-hydrogen) atoms. The third kappa shape index (κ3) is 1.95. The highest BCUT2D eigenvalue weighted by Crippen LogP contribution is 2.25. The second kappa shape index (κ2) is 3.40. The topological polar surface area (TPSA) is 25.8 Å². The predicted octanol–water partition coefficient (Wildman–Crippen LogP) is 2.82. The molecule has 0 unspecified atom stereocenters. The smallest absolute Gasteiger partial charge is 0.132 e. The highest BCUT2D eigenvalue weighted by molar-refractivity contribution is 6.29. The van der Waals surface area contributed by atoms with Crippen molar-refractivity contribution in [3.8, 4) is 0 Å². The summed E-state index contributed by atoms with van der Waals surface area (Å²) >= 11 is 5.76. The van der Waals surface area contributed by atoms with Crippen LogP contribution < -0.4 is 0 Å². The standard InChI is InChI=1S/C9H13ClN2/c1-4-9(2,3)7-5-8(10)12-6-11-7/h5-6H,4H2,1-3H3. The normalized spacial score (nSPS) is 11.7. The van der Waals surface area contributed by atoms with Crippen LogP contribution in [0.2, 0.25) is 5.15 Å². The second-order valence-electron chi connectivity index (χ2n) is 3.46. The van der Waals surface area contributed by atoms with Gasteiger partial charge in [-0.2, -0.15) is 0 Å². The fourth-order valence-electron chi connectivity index (χ4n) is 0.885. The Morgan fingerprint density at radius 2 is 2.08 bits per heavy atom. The van der Waals surface area contributed by atoms with E-state index in [1.54, 1.807) is 0 Å². The fourth-order valence-corrected chi connectivity index (χ4v) is 1.03. The van der Waals surface area contributed by atoms with Gasteiger partial charge in [-0.05, 0) is 12.5 Å². The van der Waals surface area contributed by atoms with Gasteiger partial charge in [0.1, 0.15) is 11.5 Å². The van der Waals surface area contributed by atoms with Gasteiger partial charge in [0, 0.05) is 5.41 Å². The molecule has 0 aliphatic heterocycles. The van der Waals surface area contributed by atoms with E-state index in [4.69, 9.17) is 11.6 Å².